The van der Waals surface area contributed by atoms with Crippen LogP contribution in [0.15, 0.2) is 53.3 Å². The predicted molar refractivity (Wildman–Crippen MR) is 90.1 cm³/mol. The molecule has 0 bridgehead atoms. The highest BCUT2D eigenvalue weighted by molar-refractivity contribution is 6.01. The number of hydrogen-bond acceptors (Lipinski definition) is 4. The summed E-state index contributed by atoms with van der Waals surface area (Å²) in [5, 5.41) is 10.3. The number of hydrogen-bond donors (Lipinski definition) is 2. The summed E-state index contributed by atoms with van der Waals surface area (Å²) < 4.78 is 38.6. The number of carbonyl (C=O) groups excluding carboxylic acids is 1. The first-order valence-corrected chi connectivity index (χ1v) is 7.66. The molecule has 3 N–H and O–H groups in total. The SMILES string of the molecule is NC(=O)c1c(O)c2ccccc2n(OCc2ccc(C(F)(F)F)cc2)c1=O. The maximum atomic E-state index is 12.6. The molecule has 0 spiro atoms. The molecule has 3 aromatic rings. The molecule has 0 unspecified atom stereocenters. The minimum absolute atomic E-state index is 0.165. The van der Waals surface area contributed by atoms with Crippen molar-refractivity contribution in [3.63, 3.8) is 0 Å². The van der Waals surface area contributed by atoms with Gasteiger partial charge in [-0.3, -0.25) is 9.59 Å². The number of pyridine rings is 1. The Labute approximate surface area is 150 Å². The van der Waals surface area contributed by atoms with Crippen LogP contribution in [0.25, 0.3) is 10.9 Å². The van der Waals surface area contributed by atoms with E-state index >= 15 is 0 Å². The smallest absolute Gasteiger partial charge is 0.416 e. The Hall–Kier alpha value is -3.49. The van der Waals surface area contributed by atoms with Crippen molar-refractivity contribution in [3.05, 3.63) is 75.6 Å². The van der Waals surface area contributed by atoms with Crippen LogP contribution in [0.2, 0.25) is 0 Å². The maximum Gasteiger partial charge on any atom is 0.416 e. The number of halogens is 3. The van der Waals surface area contributed by atoms with Gasteiger partial charge in [0.25, 0.3) is 11.5 Å². The Kier molecular flexibility index (Phi) is 4.52. The van der Waals surface area contributed by atoms with Gasteiger partial charge in [0.2, 0.25) is 0 Å². The lowest BCUT2D eigenvalue weighted by Gasteiger charge is -2.15. The van der Waals surface area contributed by atoms with E-state index in [9.17, 15) is 27.9 Å². The molecule has 0 aliphatic rings. The number of nitrogens with two attached hydrogens (primary N) is 1. The fraction of sp³-hybridized carbons (Fsp3) is 0.111. The minimum atomic E-state index is -4.46. The number of primary amides is 1. The van der Waals surface area contributed by atoms with Gasteiger partial charge in [0, 0.05) is 5.39 Å². The van der Waals surface area contributed by atoms with E-state index in [1.165, 1.54) is 24.3 Å². The zero-order chi connectivity index (χ0) is 19.8. The van der Waals surface area contributed by atoms with E-state index in [2.05, 4.69) is 0 Å². The first-order chi connectivity index (χ1) is 12.7. The van der Waals surface area contributed by atoms with Crippen LogP contribution in [0.5, 0.6) is 5.75 Å². The van der Waals surface area contributed by atoms with Crippen molar-refractivity contribution in [2.45, 2.75) is 12.8 Å². The van der Waals surface area contributed by atoms with Gasteiger partial charge < -0.3 is 15.7 Å². The Bertz CT molecular complexity index is 1070. The van der Waals surface area contributed by atoms with Gasteiger partial charge in [-0.2, -0.15) is 13.2 Å². The molecule has 0 aliphatic heterocycles. The second kappa shape index (κ2) is 6.67. The third kappa shape index (κ3) is 3.43. The van der Waals surface area contributed by atoms with Gasteiger partial charge in [0.15, 0.2) is 0 Å². The molecule has 140 valence electrons. The van der Waals surface area contributed by atoms with Crippen molar-refractivity contribution in [3.8, 4) is 5.75 Å². The van der Waals surface area contributed by atoms with Gasteiger partial charge >= 0.3 is 6.18 Å². The van der Waals surface area contributed by atoms with E-state index in [1.54, 1.807) is 12.1 Å². The molecule has 2 aromatic carbocycles. The van der Waals surface area contributed by atoms with Crippen molar-refractivity contribution in [1.82, 2.24) is 4.73 Å². The molecule has 1 heterocycles. The van der Waals surface area contributed by atoms with Gasteiger partial charge in [-0.25, -0.2) is 0 Å². The first kappa shape index (κ1) is 18.3. The summed E-state index contributed by atoms with van der Waals surface area (Å²) in [4.78, 5) is 29.4. The molecule has 0 saturated heterocycles. The third-order valence-electron chi connectivity index (χ3n) is 3.90. The normalized spacial score (nSPS) is 11.5. The largest absolute Gasteiger partial charge is 0.506 e. The quantitative estimate of drug-likeness (QED) is 0.729. The van der Waals surface area contributed by atoms with E-state index in [0.717, 1.165) is 16.9 Å². The molecule has 1 amide bonds. The van der Waals surface area contributed by atoms with Crippen LogP contribution in [0.3, 0.4) is 0 Å². The van der Waals surface area contributed by atoms with Crippen molar-refractivity contribution in [1.29, 1.82) is 0 Å². The molecule has 0 aliphatic carbocycles. The van der Waals surface area contributed by atoms with Crippen LogP contribution >= 0.6 is 0 Å². The predicted octanol–water partition coefficient (Wildman–Crippen LogP) is 2.45. The lowest BCUT2D eigenvalue weighted by atomic mass is 10.1. The minimum Gasteiger partial charge on any atom is -0.506 e. The summed E-state index contributed by atoms with van der Waals surface area (Å²) in [6.07, 6.45) is -4.46. The molecule has 0 fully saturated rings. The number of para-hydroxylation sites is 1. The molecule has 1 aromatic heterocycles. The summed E-state index contributed by atoms with van der Waals surface area (Å²) in [5.41, 5.74) is 3.30. The number of carbonyl (C=O) groups is 1. The third-order valence-corrected chi connectivity index (χ3v) is 3.90. The Morgan fingerprint density at radius 2 is 1.74 bits per heavy atom. The number of aromatic nitrogens is 1. The van der Waals surface area contributed by atoms with Crippen molar-refractivity contribution in [2.75, 3.05) is 0 Å². The van der Waals surface area contributed by atoms with Crippen LogP contribution in [0, 0.1) is 0 Å². The average Bonchev–Trinajstić information content (AvgIpc) is 2.61. The fourth-order valence-corrected chi connectivity index (χ4v) is 2.58. The van der Waals surface area contributed by atoms with Gasteiger partial charge in [0.05, 0.1) is 11.1 Å². The van der Waals surface area contributed by atoms with Gasteiger partial charge in [-0.1, -0.05) is 24.3 Å². The van der Waals surface area contributed by atoms with Crippen LogP contribution in [-0.2, 0) is 12.8 Å². The van der Waals surface area contributed by atoms with Gasteiger partial charge in [-0.15, -0.1) is 4.73 Å². The summed E-state index contributed by atoms with van der Waals surface area (Å²) in [7, 11) is 0. The number of rotatable bonds is 4. The van der Waals surface area contributed by atoms with E-state index in [1.807, 2.05) is 0 Å². The second-order valence-corrected chi connectivity index (χ2v) is 5.67. The monoisotopic (exact) mass is 378 g/mol. The van der Waals surface area contributed by atoms with Crippen molar-refractivity contribution < 1.29 is 27.9 Å². The fourth-order valence-electron chi connectivity index (χ4n) is 2.58. The Balaban J connectivity index is 2.00. The molecule has 3 rings (SSSR count). The van der Waals surface area contributed by atoms with Crippen molar-refractivity contribution >= 4 is 16.8 Å². The second-order valence-electron chi connectivity index (χ2n) is 5.67. The Morgan fingerprint density at radius 1 is 1.11 bits per heavy atom. The Morgan fingerprint density at radius 3 is 2.33 bits per heavy atom. The number of amides is 1. The van der Waals surface area contributed by atoms with E-state index in [0.29, 0.717) is 5.56 Å². The lowest BCUT2D eigenvalue weighted by Crippen LogP contribution is -2.33. The summed E-state index contributed by atoms with van der Waals surface area (Å²) in [5.74, 6) is -1.69. The van der Waals surface area contributed by atoms with Crippen LogP contribution in [0.1, 0.15) is 21.5 Å². The molecule has 0 saturated carbocycles. The molecule has 9 heteroatoms. The summed E-state index contributed by atoms with van der Waals surface area (Å²) in [6, 6.07) is 10.3. The average molecular weight is 378 g/mol. The number of aromatic hydroxyl groups is 1. The molecule has 27 heavy (non-hydrogen) atoms. The molecular weight excluding hydrogens is 365 g/mol. The lowest BCUT2D eigenvalue weighted by molar-refractivity contribution is -0.137. The highest BCUT2D eigenvalue weighted by Gasteiger charge is 2.30. The van der Waals surface area contributed by atoms with Crippen molar-refractivity contribution in [2.24, 2.45) is 5.73 Å². The summed E-state index contributed by atoms with van der Waals surface area (Å²) >= 11 is 0. The van der Waals surface area contributed by atoms with Gasteiger partial charge in [0.1, 0.15) is 17.9 Å². The van der Waals surface area contributed by atoms with Gasteiger partial charge in [-0.05, 0) is 29.8 Å². The zero-order valence-corrected chi connectivity index (χ0v) is 13.7. The van der Waals surface area contributed by atoms with Crippen LogP contribution in [-0.4, -0.2) is 15.7 Å². The van der Waals surface area contributed by atoms with E-state index < -0.39 is 34.5 Å². The summed E-state index contributed by atoms with van der Waals surface area (Å²) in [6.45, 7) is -0.245. The molecule has 0 atom stereocenters. The first-order valence-electron chi connectivity index (χ1n) is 7.66. The number of nitrogens with zero attached hydrogens (tertiary/aromatic N) is 1. The molecular formula is C18H13F3N2O4. The number of fused-ring (bicyclic) bond motifs is 1. The zero-order valence-electron chi connectivity index (χ0n) is 13.7. The number of alkyl halides is 3. The maximum absolute atomic E-state index is 12.6. The highest BCUT2D eigenvalue weighted by Crippen LogP contribution is 2.29. The van der Waals surface area contributed by atoms with E-state index in [-0.39, 0.29) is 17.5 Å². The van der Waals surface area contributed by atoms with Crippen LogP contribution in [0.4, 0.5) is 13.2 Å². The molecule has 6 nitrogen and oxygen atoms in total. The molecule has 0 radical (unpaired) electrons. The number of benzene rings is 2. The highest BCUT2D eigenvalue weighted by atomic mass is 19.4. The standard InChI is InChI=1S/C18H13F3N2O4/c19-18(20,21)11-7-5-10(6-8-11)9-27-23-13-4-2-1-3-12(13)15(24)14(16(22)25)17(23)26/h1-8,24H,9H2,(H2,22,25). The topological polar surface area (TPSA) is 94.6 Å². The van der Waals surface area contributed by atoms with Crippen LogP contribution < -0.4 is 16.1 Å². The van der Waals surface area contributed by atoms with E-state index in [4.69, 9.17) is 10.6 Å².